The second-order valence-corrected chi connectivity index (χ2v) is 15.6. The molecule has 2 fully saturated rings. The number of aromatic nitrogens is 4. The van der Waals surface area contributed by atoms with Gasteiger partial charge in [-0.3, -0.25) is 9.36 Å². The molecule has 4 atom stereocenters. The van der Waals surface area contributed by atoms with E-state index in [2.05, 4.69) is 61.1 Å². The monoisotopic (exact) mass is 495 g/mol. The van der Waals surface area contributed by atoms with E-state index >= 15 is 0 Å². The van der Waals surface area contributed by atoms with E-state index in [1.807, 2.05) is 22.8 Å². The number of hydrogen-bond acceptors (Lipinski definition) is 7. The number of anilines is 1. The molecule has 5 rings (SSSR count). The molecule has 2 saturated heterocycles. The number of rotatable bonds is 6. The number of fused-ring (bicyclic) bond motifs is 3. The zero-order valence-electron chi connectivity index (χ0n) is 21.1. The lowest BCUT2D eigenvalue weighted by Gasteiger charge is -2.40. The van der Waals surface area contributed by atoms with Crippen molar-refractivity contribution in [1.29, 1.82) is 0 Å². The van der Waals surface area contributed by atoms with Gasteiger partial charge in [-0.05, 0) is 36.7 Å². The molecule has 9 nitrogen and oxygen atoms in total. The largest absolute Gasteiger partial charge is 0.408 e. The summed E-state index contributed by atoms with van der Waals surface area (Å²) in [5.41, 5.74) is 1.09. The first-order chi connectivity index (χ1) is 16.6. The molecular formula is C25H33N5O4Si. The fourth-order valence-corrected chi connectivity index (χ4v) is 5.85. The van der Waals surface area contributed by atoms with Crippen molar-refractivity contribution < 1.29 is 18.7 Å². The molecule has 2 bridgehead atoms. The lowest BCUT2D eigenvalue weighted by atomic mass is 9.96. The highest BCUT2D eigenvalue weighted by Gasteiger charge is 2.63. The third kappa shape index (κ3) is 3.98. The Morgan fingerprint density at radius 3 is 2.66 bits per heavy atom. The van der Waals surface area contributed by atoms with E-state index in [1.54, 1.807) is 18.5 Å². The summed E-state index contributed by atoms with van der Waals surface area (Å²) in [5.74, 6) is 0.0957. The average molecular weight is 496 g/mol. The van der Waals surface area contributed by atoms with E-state index in [4.69, 9.17) is 13.9 Å². The van der Waals surface area contributed by atoms with Gasteiger partial charge in [-0.1, -0.05) is 45.9 Å². The van der Waals surface area contributed by atoms with Crippen molar-refractivity contribution in [1.82, 2.24) is 19.5 Å². The molecule has 35 heavy (non-hydrogen) atoms. The first kappa shape index (κ1) is 24.0. The highest BCUT2D eigenvalue weighted by atomic mass is 28.4. The Bertz CT molecular complexity index is 1240. The molecule has 0 saturated carbocycles. The van der Waals surface area contributed by atoms with Gasteiger partial charge in [-0.15, -0.1) is 0 Å². The summed E-state index contributed by atoms with van der Waals surface area (Å²) in [6.07, 6.45) is 3.00. The predicted molar refractivity (Wildman–Crippen MR) is 135 cm³/mol. The summed E-state index contributed by atoms with van der Waals surface area (Å²) in [6.45, 7) is 13.8. The van der Waals surface area contributed by atoms with Crippen LogP contribution in [0.2, 0.25) is 18.1 Å². The molecular weight excluding hydrogens is 462 g/mol. The van der Waals surface area contributed by atoms with Crippen LogP contribution in [0.5, 0.6) is 0 Å². The van der Waals surface area contributed by atoms with Gasteiger partial charge in [0.15, 0.2) is 31.5 Å². The Balaban J connectivity index is 1.45. The zero-order valence-corrected chi connectivity index (χ0v) is 22.1. The maximum atomic E-state index is 12.7. The van der Waals surface area contributed by atoms with Crippen LogP contribution >= 0.6 is 0 Å². The minimum Gasteiger partial charge on any atom is -0.408 e. The molecule has 186 valence electrons. The predicted octanol–water partition coefficient (Wildman–Crippen LogP) is 4.55. The molecule has 2 aliphatic rings. The van der Waals surface area contributed by atoms with Crippen LogP contribution in [0, 0.1) is 0 Å². The number of benzene rings is 1. The molecule has 0 unspecified atom stereocenters. The van der Waals surface area contributed by atoms with Crippen LogP contribution in [0.1, 0.15) is 50.7 Å². The average Bonchev–Trinajstić information content (AvgIpc) is 3.49. The second kappa shape index (κ2) is 8.47. The molecule has 2 aromatic heterocycles. The Morgan fingerprint density at radius 2 is 1.97 bits per heavy atom. The number of nitrogens with one attached hydrogen (secondary N) is 1. The van der Waals surface area contributed by atoms with Gasteiger partial charge in [0.25, 0.3) is 5.91 Å². The number of amides is 1. The number of carbonyl (C=O) groups is 1. The van der Waals surface area contributed by atoms with E-state index in [0.29, 0.717) is 29.2 Å². The second-order valence-electron chi connectivity index (χ2n) is 10.9. The minimum atomic E-state index is -2.06. The van der Waals surface area contributed by atoms with Crippen LogP contribution in [0.25, 0.3) is 11.2 Å². The molecule has 0 aliphatic carbocycles. The number of imidazole rings is 1. The lowest BCUT2D eigenvalue weighted by Crippen LogP contribution is -2.51. The molecule has 10 heteroatoms. The van der Waals surface area contributed by atoms with Crippen LogP contribution < -0.4 is 5.32 Å². The van der Waals surface area contributed by atoms with Gasteiger partial charge in [-0.25, -0.2) is 15.0 Å². The molecule has 1 N–H and O–H groups in total. The number of nitrogens with zero attached hydrogens (tertiary/aromatic N) is 4. The topological polar surface area (TPSA) is 100 Å². The van der Waals surface area contributed by atoms with E-state index < -0.39 is 20.1 Å². The molecule has 1 amide bonds. The van der Waals surface area contributed by atoms with Crippen LogP contribution in [-0.2, 0) is 13.9 Å². The summed E-state index contributed by atoms with van der Waals surface area (Å²) in [5, 5.41) is 2.93. The summed E-state index contributed by atoms with van der Waals surface area (Å²) in [4.78, 5) is 26.0. The smallest absolute Gasteiger partial charge is 0.256 e. The summed E-state index contributed by atoms with van der Waals surface area (Å²) >= 11 is 0. The standard InChI is InChI=1S/C25H33N5O4Si/c1-7-25-13-32-18(19(25)34-35(5,6)24(2,3)4)23(33-25)30-15-28-17-20(26-14-27-21(17)30)29-22(31)16-11-9-8-10-12-16/h8-12,14-15,18-19,23H,7,13H2,1-6H3,(H,26,27,29,31)/t18-,19+,23-,25+/m1/s1. The van der Waals surface area contributed by atoms with Crippen molar-refractivity contribution in [3.05, 3.63) is 48.5 Å². The van der Waals surface area contributed by atoms with E-state index in [9.17, 15) is 4.79 Å². The Kier molecular flexibility index (Phi) is 5.82. The van der Waals surface area contributed by atoms with Crippen molar-refractivity contribution in [3.63, 3.8) is 0 Å². The van der Waals surface area contributed by atoms with E-state index in [1.165, 1.54) is 6.33 Å². The van der Waals surface area contributed by atoms with Crippen molar-refractivity contribution >= 4 is 31.2 Å². The first-order valence-electron chi connectivity index (χ1n) is 12.1. The SMILES string of the molecule is CC[C@@]12CO[C@@H]([C@H](n3cnc4c(NC(=O)c5ccccc5)ncnc43)O1)[C@@H]2O[Si](C)(C)C(C)(C)C. The van der Waals surface area contributed by atoms with E-state index in [0.717, 1.165) is 6.42 Å². The molecule has 4 heterocycles. The Hall–Kier alpha value is -2.66. The summed E-state index contributed by atoms with van der Waals surface area (Å²) < 4.78 is 21.7. The normalized spacial score (nSPS) is 26.4. The highest BCUT2D eigenvalue weighted by Crippen LogP contribution is 2.51. The fraction of sp³-hybridized carbons (Fsp3) is 0.520. The van der Waals surface area contributed by atoms with Gasteiger partial charge < -0.3 is 19.2 Å². The van der Waals surface area contributed by atoms with Crippen molar-refractivity contribution in [2.45, 2.75) is 76.3 Å². The first-order valence-corrected chi connectivity index (χ1v) is 15.0. The third-order valence-electron chi connectivity index (χ3n) is 7.70. The van der Waals surface area contributed by atoms with Gasteiger partial charge in [0.1, 0.15) is 24.1 Å². The molecule has 3 aromatic rings. The summed E-state index contributed by atoms with van der Waals surface area (Å²) in [6, 6.07) is 9.00. The molecule has 0 radical (unpaired) electrons. The molecule has 0 spiro atoms. The third-order valence-corrected chi connectivity index (χ3v) is 12.2. The Morgan fingerprint density at radius 1 is 1.23 bits per heavy atom. The van der Waals surface area contributed by atoms with Crippen molar-refractivity contribution in [2.24, 2.45) is 0 Å². The molecule has 2 aliphatic heterocycles. The maximum Gasteiger partial charge on any atom is 0.256 e. The van der Waals surface area contributed by atoms with Gasteiger partial charge in [0.05, 0.1) is 12.9 Å². The number of ether oxygens (including phenoxy) is 2. The van der Waals surface area contributed by atoms with Crippen LogP contribution in [-0.4, -0.2) is 58.2 Å². The van der Waals surface area contributed by atoms with E-state index in [-0.39, 0.29) is 23.2 Å². The summed E-state index contributed by atoms with van der Waals surface area (Å²) in [7, 11) is -2.06. The molecule has 1 aromatic carbocycles. The minimum absolute atomic E-state index is 0.0697. The fourth-order valence-electron chi connectivity index (χ4n) is 4.52. The number of carbonyl (C=O) groups excluding carboxylic acids is 1. The quantitative estimate of drug-likeness (QED) is 0.501. The van der Waals surface area contributed by atoms with Crippen molar-refractivity contribution in [2.75, 3.05) is 11.9 Å². The van der Waals surface area contributed by atoms with Crippen LogP contribution in [0.4, 0.5) is 5.82 Å². The maximum absolute atomic E-state index is 12.7. The van der Waals surface area contributed by atoms with Crippen LogP contribution in [0.15, 0.2) is 43.0 Å². The highest BCUT2D eigenvalue weighted by molar-refractivity contribution is 6.74. The zero-order chi connectivity index (χ0) is 25.0. The van der Waals surface area contributed by atoms with Gasteiger partial charge in [0.2, 0.25) is 0 Å². The van der Waals surface area contributed by atoms with Crippen molar-refractivity contribution in [3.8, 4) is 0 Å². The Labute approximate surface area is 206 Å². The lowest BCUT2D eigenvalue weighted by molar-refractivity contribution is -0.173. The van der Waals surface area contributed by atoms with Gasteiger partial charge in [-0.2, -0.15) is 0 Å². The van der Waals surface area contributed by atoms with Crippen LogP contribution in [0.3, 0.4) is 0 Å². The van der Waals surface area contributed by atoms with Gasteiger partial charge >= 0.3 is 0 Å². The number of hydrogen-bond donors (Lipinski definition) is 1. The van der Waals surface area contributed by atoms with Gasteiger partial charge in [0, 0.05) is 5.56 Å².